The van der Waals surface area contributed by atoms with Crippen LogP contribution in [0.4, 0.5) is 0 Å². The minimum absolute atomic E-state index is 0.0492. The fourth-order valence-corrected chi connectivity index (χ4v) is 1.45. The van der Waals surface area contributed by atoms with Crippen molar-refractivity contribution in [1.82, 2.24) is 15.3 Å². The van der Waals surface area contributed by atoms with Gasteiger partial charge in [0.2, 0.25) is 0 Å². The summed E-state index contributed by atoms with van der Waals surface area (Å²) in [6, 6.07) is 0. The number of nitrogens with zero attached hydrogens (tertiary/aromatic N) is 2. The van der Waals surface area contributed by atoms with Gasteiger partial charge in [-0.1, -0.05) is 13.8 Å². The van der Waals surface area contributed by atoms with E-state index in [0.29, 0.717) is 11.3 Å². The Balaban J connectivity index is 2.83. The third-order valence-electron chi connectivity index (χ3n) is 2.80. The van der Waals surface area contributed by atoms with Crippen LogP contribution < -0.4 is 5.32 Å². The van der Waals surface area contributed by atoms with E-state index in [0.717, 1.165) is 0 Å². The highest BCUT2D eigenvalue weighted by atomic mass is 16.4. The first-order chi connectivity index (χ1) is 8.75. The van der Waals surface area contributed by atoms with Crippen molar-refractivity contribution in [2.45, 2.75) is 33.6 Å². The number of aliphatic carboxylic acids is 1. The molecule has 1 aromatic rings. The normalized spacial score (nSPS) is 11.4. The van der Waals surface area contributed by atoms with Crippen LogP contribution >= 0.6 is 0 Å². The molecule has 0 spiro atoms. The van der Waals surface area contributed by atoms with E-state index in [1.54, 1.807) is 13.8 Å². The maximum absolute atomic E-state index is 12.1. The van der Waals surface area contributed by atoms with Crippen molar-refractivity contribution in [3.63, 3.8) is 0 Å². The Kier molecular flexibility index (Phi) is 4.58. The quantitative estimate of drug-likeness (QED) is 0.840. The number of amides is 1. The number of carboxylic acids is 1. The standard InChI is InChI=1S/C13H19N3O3/c1-8(2)10-9(5-14-7-16-10)11(17)15-6-13(3,4)12(18)19/h5,7-8H,6H2,1-4H3,(H,15,17)(H,18,19). The maximum atomic E-state index is 12.1. The lowest BCUT2D eigenvalue weighted by Crippen LogP contribution is -2.39. The zero-order valence-electron chi connectivity index (χ0n) is 11.6. The zero-order valence-corrected chi connectivity index (χ0v) is 11.6. The molecule has 0 aromatic carbocycles. The lowest BCUT2D eigenvalue weighted by molar-refractivity contribution is -0.146. The molecule has 0 radical (unpaired) electrons. The highest BCUT2D eigenvalue weighted by molar-refractivity contribution is 5.95. The molecule has 19 heavy (non-hydrogen) atoms. The van der Waals surface area contributed by atoms with Gasteiger partial charge in [0.05, 0.1) is 16.7 Å². The third kappa shape index (κ3) is 3.74. The van der Waals surface area contributed by atoms with Crippen molar-refractivity contribution < 1.29 is 14.7 Å². The lowest BCUT2D eigenvalue weighted by Gasteiger charge is -2.20. The molecule has 0 unspecified atom stereocenters. The van der Waals surface area contributed by atoms with Crippen LogP contribution in [0.3, 0.4) is 0 Å². The summed E-state index contributed by atoms with van der Waals surface area (Å²) in [4.78, 5) is 31.0. The fourth-order valence-electron chi connectivity index (χ4n) is 1.45. The second kappa shape index (κ2) is 5.77. The van der Waals surface area contributed by atoms with Crippen molar-refractivity contribution in [2.24, 2.45) is 5.41 Å². The number of hydrogen-bond donors (Lipinski definition) is 2. The highest BCUT2D eigenvalue weighted by Gasteiger charge is 2.28. The van der Waals surface area contributed by atoms with Gasteiger partial charge in [-0.3, -0.25) is 9.59 Å². The average Bonchev–Trinajstić information content (AvgIpc) is 2.35. The summed E-state index contributed by atoms with van der Waals surface area (Å²) in [7, 11) is 0. The first-order valence-corrected chi connectivity index (χ1v) is 6.07. The Bertz CT molecular complexity index is 484. The van der Waals surface area contributed by atoms with Crippen molar-refractivity contribution in [3.05, 3.63) is 23.8 Å². The minimum Gasteiger partial charge on any atom is -0.481 e. The molecule has 0 aliphatic rings. The molecule has 0 fully saturated rings. The molecule has 1 amide bonds. The van der Waals surface area contributed by atoms with Crippen molar-refractivity contribution in [1.29, 1.82) is 0 Å². The molecular weight excluding hydrogens is 246 g/mol. The number of hydrogen-bond acceptors (Lipinski definition) is 4. The lowest BCUT2D eigenvalue weighted by atomic mass is 9.93. The van der Waals surface area contributed by atoms with Gasteiger partial charge in [-0.15, -0.1) is 0 Å². The maximum Gasteiger partial charge on any atom is 0.310 e. The van der Waals surface area contributed by atoms with Crippen LogP contribution in [0.25, 0.3) is 0 Å². The number of rotatable bonds is 5. The second-order valence-electron chi connectivity index (χ2n) is 5.35. The smallest absolute Gasteiger partial charge is 0.310 e. The number of carbonyl (C=O) groups is 2. The summed E-state index contributed by atoms with van der Waals surface area (Å²) in [6.45, 7) is 7.02. The van der Waals surface area contributed by atoms with Crippen LogP contribution in [0.15, 0.2) is 12.5 Å². The van der Waals surface area contributed by atoms with Crippen LogP contribution in [-0.2, 0) is 4.79 Å². The van der Waals surface area contributed by atoms with E-state index in [1.807, 2.05) is 13.8 Å². The van der Waals surface area contributed by atoms with E-state index in [2.05, 4.69) is 15.3 Å². The molecular formula is C13H19N3O3. The molecule has 0 saturated carbocycles. The summed E-state index contributed by atoms with van der Waals surface area (Å²) in [5, 5.41) is 11.6. The third-order valence-corrected chi connectivity index (χ3v) is 2.80. The van der Waals surface area contributed by atoms with E-state index >= 15 is 0 Å². The van der Waals surface area contributed by atoms with E-state index in [9.17, 15) is 9.59 Å². The topological polar surface area (TPSA) is 92.2 Å². The molecule has 0 atom stereocenters. The molecule has 6 heteroatoms. The van der Waals surface area contributed by atoms with Crippen molar-refractivity contribution in [2.75, 3.05) is 6.54 Å². The predicted molar refractivity (Wildman–Crippen MR) is 69.9 cm³/mol. The Hall–Kier alpha value is -1.98. The SMILES string of the molecule is CC(C)c1ncncc1C(=O)NCC(C)(C)C(=O)O. The Morgan fingerprint density at radius 1 is 1.42 bits per heavy atom. The molecule has 1 heterocycles. The summed E-state index contributed by atoms with van der Waals surface area (Å²) < 4.78 is 0. The van der Waals surface area contributed by atoms with Crippen LogP contribution in [-0.4, -0.2) is 33.5 Å². The Morgan fingerprint density at radius 3 is 2.58 bits per heavy atom. The molecule has 1 aromatic heterocycles. The first-order valence-electron chi connectivity index (χ1n) is 6.07. The number of carboxylic acid groups (broad SMARTS) is 1. The van der Waals surface area contributed by atoms with E-state index < -0.39 is 11.4 Å². The summed E-state index contributed by atoms with van der Waals surface area (Å²) >= 11 is 0. The monoisotopic (exact) mass is 265 g/mol. The molecule has 0 bridgehead atoms. The van der Waals surface area contributed by atoms with Gasteiger partial charge in [-0.2, -0.15) is 0 Å². The van der Waals surface area contributed by atoms with Gasteiger partial charge < -0.3 is 10.4 Å². The molecule has 1 rings (SSSR count). The zero-order chi connectivity index (χ0) is 14.6. The Morgan fingerprint density at radius 2 is 2.05 bits per heavy atom. The molecule has 2 N–H and O–H groups in total. The number of nitrogens with one attached hydrogen (secondary N) is 1. The van der Waals surface area contributed by atoms with E-state index in [4.69, 9.17) is 5.11 Å². The van der Waals surface area contributed by atoms with Crippen LogP contribution in [0.5, 0.6) is 0 Å². The largest absolute Gasteiger partial charge is 0.481 e. The van der Waals surface area contributed by atoms with Gasteiger partial charge in [-0.25, -0.2) is 9.97 Å². The first kappa shape index (κ1) is 15.1. The molecule has 104 valence electrons. The van der Waals surface area contributed by atoms with Crippen LogP contribution in [0, 0.1) is 5.41 Å². The number of aromatic nitrogens is 2. The highest BCUT2D eigenvalue weighted by Crippen LogP contribution is 2.17. The molecule has 6 nitrogen and oxygen atoms in total. The molecule has 0 saturated heterocycles. The molecule has 0 aliphatic heterocycles. The van der Waals surface area contributed by atoms with Gasteiger partial charge in [0.15, 0.2) is 0 Å². The van der Waals surface area contributed by atoms with Crippen molar-refractivity contribution >= 4 is 11.9 Å². The van der Waals surface area contributed by atoms with Gasteiger partial charge in [0.1, 0.15) is 6.33 Å². The van der Waals surface area contributed by atoms with Gasteiger partial charge in [0.25, 0.3) is 5.91 Å². The number of carbonyl (C=O) groups excluding carboxylic acids is 1. The summed E-state index contributed by atoms with van der Waals surface area (Å²) in [6.07, 6.45) is 2.85. The molecule has 0 aliphatic carbocycles. The van der Waals surface area contributed by atoms with Gasteiger partial charge in [0, 0.05) is 12.7 Å². The van der Waals surface area contributed by atoms with Crippen LogP contribution in [0.1, 0.15) is 49.7 Å². The summed E-state index contributed by atoms with van der Waals surface area (Å²) in [5.41, 5.74) is 0.0304. The van der Waals surface area contributed by atoms with Gasteiger partial charge >= 0.3 is 5.97 Å². The fraction of sp³-hybridized carbons (Fsp3) is 0.538. The minimum atomic E-state index is -1.01. The van der Waals surface area contributed by atoms with Crippen molar-refractivity contribution in [3.8, 4) is 0 Å². The van der Waals surface area contributed by atoms with E-state index in [-0.39, 0.29) is 18.4 Å². The predicted octanol–water partition coefficient (Wildman–Crippen LogP) is 1.44. The average molecular weight is 265 g/mol. The summed E-state index contributed by atoms with van der Waals surface area (Å²) in [5.74, 6) is -1.21. The van der Waals surface area contributed by atoms with E-state index in [1.165, 1.54) is 12.5 Å². The Labute approximate surface area is 112 Å². The van der Waals surface area contributed by atoms with Gasteiger partial charge in [-0.05, 0) is 19.8 Å². The second-order valence-corrected chi connectivity index (χ2v) is 5.35. The van der Waals surface area contributed by atoms with Crippen LogP contribution in [0.2, 0.25) is 0 Å².